The molecule has 1 saturated heterocycles. The normalized spacial score (nSPS) is 20.3. The Bertz CT molecular complexity index is 1460. The van der Waals surface area contributed by atoms with Crippen LogP contribution in [-0.4, -0.2) is 61.4 Å². The van der Waals surface area contributed by atoms with Gasteiger partial charge in [0.25, 0.3) is 0 Å². The maximum Gasteiger partial charge on any atom is 0.182 e. The molecule has 0 saturated carbocycles. The van der Waals surface area contributed by atoms with Crippen LogP contribution in [0.25, 0.3) is 0 Å². The maximum absolute atomic E-state index is 13.2. The van der Waals surface area contributed by atoms with Gasteiger partial charge in [0.2, 0.25) is 0 Å². The third-order valence-electron chi connectivity index (χ3n) is 8.25. The molecule has 1 fully saturated rings. The predicted octanol–water partition coefficient (Wildman–Crippen LogP) is 5.34. The Hall–Kier alpha value is -3.04. The van der Waals surface area contributed by atoms with Gasteiger partial charge in [-0.3, -0.25) is 0 Å². The number of rotatable bonds is 8. The van der Waals surface area contributed by atoms with Gasteiger partial charge in [0.05, 0.1) is 27.6 Å². The van der Waals surface area contributed by atoms with Crippen LogP contribution < -0.4 is 15.4 Å². The van der Waals surface area contributed by atoms with Crippen molar-refractivity contribution in [3.05, 3.63) is 70.0 Å². The minimum Gasteiger partial charge on any atom is -0.491 e. The van der Waals surface area contributed by atoms with Crippen LogP contribution in [0.4, 0.5) is 5.69 Å². The molecule has 1 aliphatic carbocycles. The summed E-state index contributed by atoms with van der Waals surface area (Å²) in [6, 6.07) is 8.75. The van der Waals surface area contributed by atoms with E-state index in [-0.39, 0.29) is 12.3 Å². The van der Waals surface area contributed by atoms with Crippen molar-refractivity contribution in [1.82, 2.24) is 14.8 Å². The second kappa shape index (κ2) is 12.1. The number of aryl methyl sites for hydroxylation is 1. The lowest BCUT2D eigenvalue weighted by Crippen LogP contribution is -2.37. The lowest BCUT2D eigenvalue weighted by molar-refractivity contribution is 0.237. The molecular weight excluding hydrogens is 534 g/mol. The van der Waals surface area contributed by atoms with E-state index in [1.54, 1.807) is 13.8 Å². The van der Waals surface area contributed by atoms with Gasteiger partial charge in [-0.05, 0) is 103 Å². The molecule has 0 amide bonds. The minimum absolute atomic E-state index is 0.0635. The molecular formula is C32H45N5O3S. The molecule has 41 heavy (non-hydrogen) atoms. The summed E-state index contributed by atoms with van der Waals surface area (Å²) in [7, 11) is 0.732. The molecule has 1 unspecified atom stereocenters. The molecule has 1 aromatic carbocycles. The SMILES string of the molecule is CC(C)Oc1cc(C2CCN(C)CC2)ccc1CC1N=C(NC2=CCCC=C2S(=O)(=O)C(C)C)c2c(ccn2C)N1. The fraction of sp³-hybridized carbons (Fsp3) is 0.531. The van der Waals surface area contributed by atoms with Crippen molar-refractivity contribution < 1.29 is 13.2 Å². The quantitative estimate of drug-likeness (QED) is 0.439. The second-order valence-corrected chi connectivity index (χ2v) is 14.6. The lowest BCUT2D eigenvalue weighted by atomic mass is 9.88. The number of allylic oxidation sites excluding steroid dienone is 2. The topological polar surface area (TPSA) is 88.0 Å². The number of nitrogens with zero attached hydrogens (tertiary/aromatic N) is 3. The number of aromatic nitrogens is 1. The molecule has 0 radical (unpaired) electrons. The van der Waals surface area contributed by atoms with Gasteiger partial charge in [-0.2, -0.15) is 0 Å². The predicted molar refractivity (Wildman–Crippen MR) is 167 cm³/mol. The van der Waals surface area contributed by atoms with Gasteiger partial charge in [-0.15, -0.1) is 0 Å². The van der Waals surface area contributed by atoms with E-state index in [4.69, 9.17) is 9.73 Å². The van der Waals surface area contributed by atoms with E-state index in [2.05, 4.69) is 54.6 Å². The van der Waals surface area contributed by atoms with Crippen LogP contribution in [0, 0.1) is 0 Å². The molecule has 8 nitrogen and oxygen atoms in total. The van der Waals surface area contributed by atoms with E-state index < -0.39 is 15.1 Å². The highest BCUT2D eigenvalue weighted by atomic mass is 32.2. The standard InChI is InChI=1S/C32H45N5O3S/c1-21(2)40-28-19-24(23-13-16-36(5)17-14-23)11-12-25(28)20-30-33-27-15-18-37(6)31(27)32(35-30)34-26-9-7-8-10-29(26)41(38,39)22(3)4/h9-12,15,18-19,21-23,30,33H,7-8,13-14,16-17,20H2,1-6H3,(H,34,35). The van der Waals surface area contributed by atoms with E-state index >= 15 is 0 Å². The number of amidine groups is 1. The Morgan fingerprint density at radius 1 is 1.07 bits per heavy atom. The second-order valence-electron chi connectivity index (χ2n) is 12.1. The average molecular weight is 580 g/mol. The number of fused-ring (bicyclic) bond motifs is 1. The number of aliphatic imine (C=N–C) groups is 1. The Kier molecular flexibility index (Phi) is 8.66. The van der Waals surface area contributed by atoms with Crippen LogP contribution in [0.3, 0.4) is 0 Å². The number of likely N-dealkylation sites (tertiary alicyclic amines) is 1. The largest absolute Gasteiger partial charge is 0.491 e. The van der Waals surface area contributed by atoms with Crippen molar-refractivity contribution in [3.8, 4) is 5.75 Å². The summed E-state index contributed by atoms with van der Waals surface area (Å²) < 4.78 is 34.7. The number of anilines is 1. The highest BCUT2D eigenvalue weighted by Gasteiger charge is 2.30. The van der Waals surface area contributed by atoms with Gasteiger partial charge in [0, 0.05) is 19.7 Å². The highest BCUT2D eigenvalue weighted by Crippen LogP contribution is 2.34. The van der Waals surface area contributed by atoms with Crippen LogP contribution in [0.5, 0.6) is 5.75 Å². The molecule has 9 heteroatoms. The van der Waals surface area contributed by atoms with E-state index in [1.165, 1.54) is 5.56 Å². The van der Waals surface area contributed by atoms with Gasteiger partial charge in [0.15, 0.2) is 15.7 Å². The molecule has 1 atom stereocenters. The molecule has 2 aromatic rings. The van der Waals surface area contributed by atoms with Gasteiger partial charge in [-0.25, -0.2) is 13.4 Å². The molecule has 0 spiro atoms. The van der Waals surface area contributed by atoms with Crippen molar-refractivity contribution in [3.63, 3.8) is 0 Å². The van der Waals surface area contributed by atoms with Crippen LogP contribution >= 0.6 is 0 Å². The van der Waals surface area contributed by atoms with Crippen molar-refractivity contribution in [1.29, 1.82) is 0 Å². The van der Waals surface area contributed by atoms with E-state index in [9.17, 15) is 8.42 Å². The summed E-state index contributed by atoms with van der Waals surface area (Å²) in [6.45, 7) is 9.82. The van der Waals surface area contributed by atoms with Crippen LogP contribution in [0.15, 0.2) is 58.2 Å². The number of hydrogen-bond donors (Lipinski definition) is 2. The molecule has 1 aromatic heterocycles. The zero-order valence-corrected chi connectivity index (χ0v) is 26.1. The van der Waals surface area contributed by atoms with Gasteiger partial charge < -0.3 is 24.8 Å². The van der Waals surface area contributed by atoms with Crippen molar-refractivity contribution in [2.75, 3.05) is 25.5 Å². The Balaban J connectivity index is 1.44. The first kappa shape index (κ1) is 29.5. The summed E-state index contributed by atoms with van der Waals surface area (Å²) in [6.07, 6.45) is 10.1. The number of piperidine rings is 1. The summed E-state index contributed by atoms with van der Waals surface area (Å²) >= 11 is 0. The first-order valence-corrected chi connectivity index (χ1v) is 16.5. The number of benzene rings is 1. The Morgan fingerprint density at radius 3 is 2.51 bits per heavy atom. The minimum atomic E-state index is -3.44. The Morgan fingerprint density at radius 2 is 1.80 bits per heavy atom. The number of ether oxygens (including phenoxy) is 1. The average Bonchev–Trinajstić information content (AvgIpc) is 3.30. The first-order chi connectivity index (χ1) is 19.5. The fourth-order valence-corrected chi connectivity index (χ4v) is 7.18. The van der Waals surface area contributed by atoms with Gasteiger partial charge >= 0.3 is 0 Å². The van der Waals surface area contributed by atoms with Crippen molar-refractivity contribution in [2.24, 2.45) is 12.0 Å². The number of hydrogen-bond acceptors (Lipinski definition) is 7. The van der Waals surface area contributed by atoms with Crippen molar-refractivity contribution >= 4 is 21.4 Å². The molecule has 0 bridgehead atoms. The monoisotopic (exact) mass is 579 g/mol. The molecule has 222 valence electrons. The van der Waals surface area contributed by atoms with E-state index in [1.807, 2.05) is 36.0 Å². The van der Waals surface area contributed by atoms with Crippen LogP contribution in [0.2, 0.25) is 0 Å². The summed E-state index contributed by atoms with van der Waals surface area (Å²) in [4.78, 5) is 7.86. The van der Waals surface area contributed by atoms with Gasteiger partial charge in [0.1, 0.15) is 17.6 Å². The van der Waals surface area contributed by atoms with Crippen LogP contribution in [-0.2, 0) is 23.3 Å². The van der Waals surface area contributed by atoms with Crippen molar-refractivity contribution in [2.45, 2.75) is 83.2 Å². The fourth-order valence-electron chi connectivity index (χ4n) is 5.88. The molecule has 3 heterocycles. The zero-order valence-electron chi connectivity index (χ0n) is 25.3. The van der Waals surface area contributed by atoms with E-state index in [0.717, 1.165) is 55.0 Å². The molecule has 3 aliphatic rings. The first-order valence-electron chi connectivity index (χ1n) is 14.9. The lowest BCUT2D eigenvalue weighted by Gasteiger charge is -2.30. The Labute approximate surface area is 245 Å². The van der Waals surface area contributed by atoms with Gasteiger partial charge in [-0.1, -0.05) is 24.3 Å². The summed E-state index contributed by atoms with van der Waals surface area (Å²) in [5.41, 5.74) is 4.95. The third kappa shape index (κ3) is 6.41. The van der Waals surface area contributed by atoms with Crippen LogP contribution in [0.1, 0.15) is 76.1 Å². The summed E-state index contributed by atoms with van der Waals surface area (Å²) in [5, 5.41) is 6.53. The molecule has 2 N–H and O–H groups in total. The van der Waals surface area contributed by atoms with E-state index in [0.29, 0.717) is 35.2 Å². The zero-order chi connectivity index (χ0) is 29.3. The third-order valence-corrected chi connectivity index (χ3v) is 10.5. The molecule has 5 rings (SSSR count). The number of sulfone groups is 1. The number of nitrogens with one attached hydrogen (secondary N) is 2. The molecule has 2 aliphatic heterocycles. The maximum atomic E-state index is 13.2. The summed E-state index contributed by atoms with van der Waals surface area (Å²) in [5.74, 6) is 2.14. The highest BCUT2D eigenvalue weighted by molar-refractivity contribution is 7.96. The smallest absolute Gasteiger partial charge is 0.182 e.